The molecule has 5 rings (SSSR count). The number of carbonyl (C=O) groups is 2. The van der Waals surface area contributed by atoms with Gasteiger partial charge in [-0.25, -0.2) is 9.50 Å². The molecule has 1 aliphatic rings. The van der Waals surface area contributed by atoms with Gasteiger partial charge in [0, 0.05) is 29.3 Å². The van der Waals surface area contributed by atoms with Crippen molar-refractivity contribution in [3.05, 3.63) is 78.0 Å². The number of rotatable bonds is 9. The summed E-state index contributed by atoms with van der Waals surface area (Å²) in [5, 5.41) is 20.9. The Kier molecular flexibility index (Phi) is 6.62. The number of aromatic nitrogens is 3. The lowest BCUT2D eigenvalue weighted by atomic mass is 9.87. The molecule has 9 nitrogen and oxygen atoms in total. The summed E-state index contributed by atoms with van der Waals surface area (Å²) >= 11 is 0. The smallest absolute Gasteiger partial charge is 0.255 e. The molecule has 190 valence electrons. The number of hydrogen-bond donors (Lipinski definition) is 3. The van der Waals surface area contributed by atoms with E-state index in [0.29, 0.717) is 47.2 Å². The van der Waals surface area contributed by atoms with Gasteiger partial charge in [0.25, 0.3) is 5.91 Å². The van der Waals surface area contributed by atoms with Crippen LogP contribution in [-0.2, 0) is 10.4 Å². The highest BCUT2D eigenvalue weighted by molar-refractivity contribution is 6.04. The van der Waals surface area contributed by atoms with Crippen LogP contribution in [0.2, 0.25) is 0 Å². The van der Waals surface area contributed by atoms with E-state index in [-0.39, 0.29) is 17.7 Å². The summed E-state index contributed by atoms with van der Waals surface area (Å²) < 4.78 is 7.46. The number of carbonyl (C=O) groups excluding carboxylic acids is 2. The lowest BCUT2D eigenvalue weighted by Crippen LogP contribution is -2.24. The number of amides is 2. The second kappa shape index (κ2) is 10.0. The number of benzene rings is 2. The molecule has 4 aromatic rings. The standard InChI is InChI=1S/C28H29N5O4/c1-3-28(36,4-2)20-8-5-7-19(15-20)27(35)29-21-9-6-10-22(16-21)37-25-14-13-24-30-23(17-33(24)32-25)31-26(34)18-11-12-18/h5-10,13-18,36H,3-4,11-12H2,1-2H3,(H,29,35)(H,31,34). The summed E-state index contributed by atoms with van der Waals surface area (Å²) in [6, 6.07) is 17.5. The molecule has 1 saturated carbocycles. The highest BCUT2D eigenvalue weighted by Gasteiger charge is 2.30. The van der Waals surface area contributed by atoms with Gasteiger partial charge in [-0.2, -0.15) is 0 Å². The molecule has 2 aromatic heterocycles. The molecule has 37 heavy (non-hydrogen) atoms. The summed E-state index contributed by atoms with van der Waals surface area (Å²) in [5.41, 5.74) is 1.36. The van der Waals surface area contributed by atoms with Crippen LogP contribution >= 0.6 is 0 Å². The minimum absolute atomic E-state index is 0.0168. The topological polar surface area (TPSA) is 118 Å². The van der Waals surface area contributed by atoms with Crippen LogP contribution in [0, 0.1) is 5.92 Å². The number of nitrogens with zero attached hydrogens (tertiary/aromatic N) is 3. The first-order valence-corrected chi connectivity index (χ1v) is 12.5. The van der Waals surface area contributed by atoms with Crippen LogP contribution in [0.15, 0.2) is 66.9 Å². The average Bonchev–Trinajstić information content (AvgIpc) is 3.69. The van der Waals surface area contributed by atoms with E-state index in [9.17, 15) is 14.7 Å². The Hall–Kier alpha value is -4.24. The third-order valence-corrected chi connectivity index (χ3v) is 6.64. The molecule has 0 saturated heterocycles. The van der Waals surface area contributed by atoms with Gasteiger partial charge in [0.05, 0.1) is 11.8 Å². The molecule has 2 heterocycles. The largest absolute Gasteiger partial charge is 0.438 e. The molecule has 0 spiro atoms. The molecule has 0 radical (unpaired) electrons. The van der Waals surface area contributed by atoms with E-state index < -0.39 is 5.60 Å². The third-order valence-electron chi connectivity index (χ3n) is 6.64. The maximum Gasteiger partial charge on any atom is 0.255 e. The van der Waals surface area contributed by atoms with Gasteiger partial charge in [-0.15, -0.1) is 5.10 Å². The van der Waals surface area contributed by atoms with E-state index in [0.717, 1.165) is 18.4 Å². The molecule has 3 N–H and O–H groups in total. The van der Waals surface area contributed by atoms with Crippen molar-refractivity contribution in [2.24, 2.45) is 5.92 Å². The normalized spacial score (nSPS) is 13.4. The Balaban J connectivity index is 1.28. The van der Waals surface area contributed by atoms with Gasteiger partial charge in [-0.05, 0) is 61.6 Å². The summed E-state index contributed by atoms with van der Waals surface area (Å²) in [7, 11) is 0. The molecule has 0 unspecified atom stereocenters. The number of anilines is 2. The number of aliphatic hydroxyl groups is 1. The van der Waals surface area contributed by atoms with Crippen LogP contribution in [-0.4, -0.2) is 31.5 Å². The number of hydrogen-bond acceptors (Lipinski definition) is 6. The van der Waals surface area contributed by atoms with Crippen molar-refractivity contribution < 1.29 is 19.4 Å². The fourth-order valence-electron chi connectivity index (χ4n) is 4.12. The number of nitrogens with one attached hydrogen (secondary N) is 2. The average molecular weight is 500 g/mol. The minimum atomic E-state index is -0.961. The van der Waals surface area contributed by atoms with Crippen LogP contribution in [0.25, 0.3) is 5.65 Å². The van der Waals surface area contributed by atoms with Crippen molar-refractivity contribution in [3.63, 3.8) is 0 Å². The van der Waals surface area contributed by atoms with Crippen LogP contribution in [0.4, 0.5) is 11.5 Å². The van der Waals surface area contributed by atoms with Gasteiger partial charge in [0.1, 0.15) is 5.75 Å². The van der Waals surface area contributed by atoms with Crippen LogP contribution in [0.3, 0.4) is 0 Å². The zero-order valence-corrected chi connectivity index (χ0v) is 20.8. The second-order valence-corrected chi connectivity index (χ2v) is 9.27. The summed E-state index contributed by atoms with van der Waals surface area (Å²) in [6.45, 7) is 3.85. The SMILES string of the molecule is CCC(O)(CC)c1cccc(C(=O)Nc2cccc(Oc3ccc4nc(NC(=O)C5CC5)cn4n3)c2)c1. The Morgan fingerprint density at radius 1 is 1.05 bits per heavy atom. The molecule has 0 aliphatic heterocycles. The van der Waals surface area contributed by atoms with E-state index in [1.807, 2.05) is 19.9 Å². The van der Waals surface area contributed by atoms with Crippen LogP contribution in [0.1, 0.15) is 55.5 Å². The van der Waals surface area contributed by atoms with Crippen molar-refractivity contribution in [1.29, 1.82) is 0 Å². The maximum absolute atomic E-state index is 12.9. The summed E-state index contributed by atoms with van der Waals surface area (Å²) in [6.07, 6.45) is 4.60. The van der Waals surface area contributed by atoms with E-state index in [2.05, 4.69) is 20.7 Å². The van der Waals surface area contributed by atoms with Crippen molar-refractivity contribution in [2.75, 3.05) is 10.6 Å². The molecule has 0 atom stereocenters. The first kappa shape index (κ1) is 24.5. The highest BCUT2D eigenvalue weighted by atomic mass is 16.5. The van der Waals surface area contributed by atoms with Gasteiger partial charge in [0.15, 0.2) is 11.5 Å². The number of imidazole rings is 1. The third kappa shape index (κ3) is 5.46. The van der Waals surface area contributed by atoms with Gasteiger partial charge in [0.2, 0.25) is 11.8 Å². The zero-order chi connectivity index (χ0) is 26.0. The molecule has 9 heteroatoms. The first-order valence-electron chi connectivity index (χ1n) is 12.5. The fourth-order valence-corrected chi connectivity index (χ4v) is 4.12. The second-order valence-electron chi connectivity index (χ2n) is 9.27. The zero-order valence-electron chi connectivity index (χ0n) is 20.8. The molecule has 2 amide bonds. The molecule has 0 bridgehead atoms. The monoisotopic (exact) mass is 499 g/mol. The molecule has 2 aromatic carbocycles. The van der Waals surface area contributed by atoms with Crippen molar-refractivity contribution >= 4 is 29.0 Å². The molecule has 1 fully saturated rings. The minimum Gasteiger partial charge on any atom is -0.438 e. The highest BCUT2D eigenvalue weighted by Crippen LogP contribution is 2.31. The first-order chi connectivity index (χ1) is 17.9. The van der Waals surface area contributed by atoms with E-state index >= 15 is 0 Å². The van der Waals surface area contributed by atoms with E-state index in [1.54, 1.807) is 65.3 Å². The Bertz CT molecular complexity index is 1460. The van der Waals surface area contributed by atoms with E-state index in [1.165, 1.54) is 0 Å². The Labute approximate surface area is 214 Å². The Morgan fingerprint density at radius 3 is 2.59 bits per heavy atom. The molecule has 1 aliphatic carbocycles. The predicted octanol–water partition coefficient (Wildman–Crippen LogP) is 5.13. The maximum atomic E-state index is 12.9. The van der Waals surface area contributed by atoms with Gasteiger partial charge in [-0.3, -0.25) is 9.59 Å². The van der Waals surface area contributed by atoms with Gasteiger partial charge in [-0.1, -0.05) is 32.0 Å². The van der Waals surface area contributed by atoms with Crippen molar-refractivity contribution in [1.82, 2.24) is 14.6 Å². The van der Waals surface area contributed by atoms with Crippen LogP contribution in [0.5, 0.6) is 11.6 Å². The molecular formula is C28H29N5O4. The Morgan fingerprint density at radius 2 is 1.84 bits per heavy atom. The lowest BCUT2D eigenvalue weighted by Gasteiger charge is -2.26. The summed E-state index contributed by atoms with van der Waals surface area (Å²) in [4.78, 5) is 29.3. The van der Waals surface area contributed by atoms with Crippen molar-refractivity contribution in [3.8, 4) is 11.6 Å². The van der Waals surface area contributed by atoms with E-state index in [4.69, 9.17) is 4.74 Å². The fraction of sp³-hybridized carbons (Fsp3) is 0.286. The predicted molar refractivity (Wildman–Crippen MR) is 140 cm³/mol. The van der Waals surface area contributed by atoms with Crippen molar-refractivity contribution in [2.45, 2.75) is 45.1 Å². The number of fused-ring (bicyclic) bond motifs is 1. The summed E-state index contributed by atoms with van der Waals surface area (Å²) in [5.74, 6) is 1.06. The number of ether oxygens (including phenoxy) is 1. The molecular weight excluding hydrogens is 470 g/mol. The quantitative estimate of drug-likeness (QED) is 0.294. The van der Waals surface area contributed by atoms with Gasteiger partial charge >= 0.3 is 0 Å². The van der Waals surface area contributed by atoms with Gasteiger partial charge < -0.3 is 20.5 Å². The lowest BCUT2D eigenvalue weighted by molar-refractivity contribution is -0.117. The van der Waals surface area contributed by atoms with Crippen LogP contribution < -0.4 is 15.4 Å².